The Morgan fingerprint density at radius 3 is 2.30 bits per heavy atom. The third kappa shape index (κ3) is 2.90. The van der Waals surface area contributed by atoms with Gasteiger partial charge in [0, 0.05) is 62.6 Å². The number of aromatic nitrogens is 3. The van der Waals surface area contributed by atoms with Gasteiger partial charge in [-0.05, 0) is 19.9 Å². The van der Waals surface area contributed by atoms with E-state index >= 15 is 0 Å². The van der Waals surface area contributed by atoms with Gasteiger partial charge in [0.15, 0.2) is 5.13 Å². The fourth-order valence-electron chi connectivity index (χ4n) is 3.18. The number of nitrogens with zero attached hydrogens (tertiary/aromatic N) is 6. The summed E-state index contributed by atoms with van der Waals surface area (Å²) in [7, 11) is 0. The molecule has 7 heteroatoms. The quantitative estimate of drug-likeness (QED) is 0.851. The van der Waals surface area contributed by atoms with Crippen LogP contribution in [0.4, 0.5) is 11.1 Å². The molecule has 2 aromatic heterocycles. The van der Waals surface area contributed by atoms with Crippen molar-refractivity contribution in [3.63, 3.8) is 0 Å². The van der Waals surface area contributed by atoms with E-state index in [-0.39, 0.29) is 0 Å². The van der Waals surface area contributed by atoms with E-state index in [1.165, 1.54) is 15.7 Å². The van der Waals surface area contributed by atoms with Crippen molar-refractivity contribution >= 4 is 22.4 Å². The van der Waals surface area contributed by atoms with Gasteiger partial charge >= 0.3 is 0 Å². The van der Waals surface area contributed by atoms with Gasteiger partial charge in [0.05, 0.1) is 5.69 Å². The number of piperazine rings is 1. The molecule has 2 aromatic rings. The summed E-state index contributed by atoms with van der Waals surface area (Å²) in [5.41, 5.74) is 1.17. The molecule has 23 heavy (non-hydrogen) atoms. The summed E-state index contributed by atoms with van der Waals surface area (Å²) in [6.07, 6.45) is 3.63. The molecule has 2 fully saturated rings. The molecular formula is C16H22N6S. The summed E-state index contributed by atoms with van der Waals surface area (Å²) in [5, 5.41) is 1.19. The maximum atomic E-state index is 4.66. The van der Waals surface area contributed by atoms with Gasteiger partial charge in [0.1, 0.15) is 0 Å². The highest BCUT2D eigenvalue weighted by Crippen LogP contribution is 2.30. The van der Waals surface area contributed by atoms with Crippen molar-refractivity contribution in [3.8, 4) is 0 Å². The second kappa shape index (κ2) is 6.05. The Labute approximate surface area is 140 Å². The Hall–Kier alpha value is -1.73. The predicted molar refractivity (Wildman–Crippen MR) is 93.4 cm³/mol. The number of anilines is 2. The van der Waals surface area contributed by atoms with Gasteiger partial charge < -0.3 is 9.80 Å². The second-order valence-corrected chi connectivity index (χ2v) is 7.45. The molecule has 0 bridgehead atoms. The standard InChI is InChI=1S/C16H22N6S/c1-12-13(2)23-16(19-12)22-10-14(11-22)20-6-8-21(9-7-20)15-17-4-3-5-18-15/h3-5,14H,6-11H2,1-2H3. The van der Waals surface area contributed by atoms with Crippen LogP contribution in [0.25, 0.3) is 0 Å². The van der Waals surface area contributed by atoms with Crippen LogP contribution >= 0.6 is 11.3 Å². The highest BCUT2D eigenvalue weighted by molar-refractivity contribution is 7.15. The monoisotopic (exact) mass is 330 g/mol. The fourth-order valence-corrected chi connectivity index (χ4v) is 4.10. The Morgan fingerprint density at radius 1 is 1.00 bits per heavy atom. The first-order valence-corrected chi connectivity index (χ1v) is 8.97. The van der Waals surface area contributed by atoms with Gasteiger partial charge in [0.25, 0.3) is 0 Å². The average Bonchev–Trinajstić information content (AvgIpc) is 2.86. The Bertz CT molecular complexity index is 639. The average molecular weight is 330 g/mol. The molecule has 4 rings (SSSR count). The molecule has 6 nitrogen and oxygen atoms in total. The minimum Gasteiger partial charge on any atom is -0.345 e. The van der Waals surface area contributed by atoms with E-state index in [4.69, 9.17) is 0 Å². The van der Waals surface area contributed by atoms with Crippen molar-refractivity contribution in [1.29, 1.82) is 0 Å². The summed E-state index contributed by atoms with van der Waals surface area (Å²) in [6.45, 7) is 10.7. The van der Waals surface area contributed by atoms with E-state index in [9.17, 15) is 0 Å². The van der Waals surface area contributed by atoms with Crippen molar-refractivity contribution in [2.45, 2.75) is 19.9 Å². The Morgan fingerprint density at radius 2 is 1.70 bits per heavy atom. The largest absolute Gasteiger partial charge is 0.345 e. The van der Waals surface area contributed by atoms with Crippen molar-refractivity contribution in [1.82, 2.24) is 19.9 Å². The number of hydrogen-bond donors (Lipinski definition) is 0. The minimum absolute atomic E-state index is 0.665. The lowest BCUT2D eigenvalue weighted by atomic mass is 10.1. The number of rotatable bonds is 3. The maximum Gasteiger partial charge on any atom is 0.225 e. The number of aryl methyl sites for hydroxylation is 2. The topological polar surface area (TPSA) is 48.4 Å². The molecule has 0 aromatic carbocycles. The van der Waals surface area contributed by atoms with Gasteiger partial charge in [-0.1, -0.05) is 0 Å². The first kappa shape index (κ1) is 14.8. The highest BCUT2D eigenvalue weighted by Gasteiger charge is 2.35. The lowest BCUT2D eigenvalue weighted by Crippen LogP contribution is -2.63. The molecule has 0 N–H and O–H groups in total. The maximum absolute atomic E-state index is 4.66. The van der Waals surface area contributed by atoms with Gasteiger partial charge in [0.2, 0.25) is 5.95 Å². The second-order valence-electron chi connectivity index (χ2n) is 6.27. The lowest BCUT2D eigenvalue weighted by Gasteiger charge is -2.48. The first-order chi connectivity index (χ1) is 11.2. The third-order valence-electron chi connectivity index (χ3n) is 4.82. The van der Waals surface area contributed by atoms with E-state index in [0.717, 1.165) is 45.2 Å². The normalized spacial score (nSPS) is 19.9. The predicted octanol–water partition coefficient (Wildman–Crippen LogP) is 1.56. The fraction of sp³-hybridized carbons (Fsp3) is 0.562. The smallest absolute Gasteiger partial charge is 0.225 e. The third-order valence-corrected chi connectivity index (χ3v) is 5.95. The lowest BCUT2D eigenvalue weighted by molar-refractivity contribution is 0.156. The molecule has 0 amide bonds. The zero-order chi connectivity index (χ0) is 15.8. The molecule has 2 saturated heterocycles. The van der Waals surface area contributed by atoms with Crippen LogP contribution in [0.15, 0.2) is 18.5 Å². The molecule has 0 spiro atoms. The summed E-state index contributed by atoms with van der Waals surface area (Å²) in [6, 6.07) is 2.53. The molecular weight excluding hydrogens is 308 g/mol. The van der Waals surface area contributed by atoms with Crippen LogP contribution in [0.5, 0.6) is 0 Å². The Kier molecular flexibility index (Phi) is 3.90. The molecule has 0 unspecified atom stereocenters. The van der Waals surface area contributed by atoms with Crippen molar-refractivity contribution in [2.24, 2.45) is 0 Å². The van der Waals surface area contributed by atoms with Crippen LogP contribution < -0.4 is 9.80 Å². The van der Waals surface area contributed by atoms with Crippen LogP contribution in [0.1, 0.15) is 10.6 Å². The zero-order valence-corrected chi connectivity index (χ0v) is 14.5. The van der Waals surface area contributed by atoms with Gasteiger partial charge in [-0.25, -0.2) is 15.0 Å². The van der Waals surface area contributed by atoms with Crippen molar-refractivity contribution < 1.29 is 0 Å². The van der Waals surface area contributed by atoms with Crippen LogP contribution in [0.2, 0.25) is 0 Å². The summed E-state index contributed by atoms with van der Waals surface area (Å²) in [4.78, 5) is 22.0. The van der Waals surface area contributed by atoms with Gasteiger partial charge in [-0.3, -0.25) is 4.90 Å². The molecule has 2 aliphatic heterocycles. The molecule has 0 radical (unpaired) electrons. The van der Waals surface area contributed by atoms with E-state index in [1.54, 1.807) is 0 Å². The Balaban J connectivity index is 1.29. The van der Waals surface area contributed by atoms with E-state index < -0.39 is 0 Å². The summed E-state index contributed by atoms with van der Waals surface area (Å²) in [5.74, 6) is 0.858. The number of thiazole rings is 1. The molecule has 0 atom stereocenters. The van der Waals surface area contributed by atoms with Crippen LogP contribution in [0, 0.1) is 13.8 Å². The van der Waals surface area contributed by atoms with E-state index in [1.807, 2.05) is 29.8 Å². The number of hydrogen-bond acceptors (Lipinski definition) is 7. The molecule has 4 heterocycles. The van der Waals surface area contributed by atoms with Crippen LogP contribution in [0.3, 0.4) is 0 Å². The SMILES string of the molecule is Cc1nc(N2CC(N3CCN(c4ncccn4)CC3)C2)sc1C. The van der Waals surface area contributed by atoms with Crippen LogP contribution in [-0.2, 0) is 0 Å². The van der Waals surface area contributed by atoms with E-state index in [2.05, 4.69) is 43.5 Å². The van der Waals surface area contributed by atoms with Crippen LogP contribution in [-0.4, -0.2) is 65.2 Å². The van der Waals surface area contributed by atoms with E-state index in [0.29, 0.717) is 6.04 Å². The van der Waals surface area contributed by atoms with Gasteiger partial charge in [-0.15, -0.1) is 11.3 Å². The summed E-state index contributed by atoms with van der Waals surface area (Å²) < 4.78 is 0. The minimum atomic E-state index is 0.665. The first-order valence-electron chi connectivity index (χ1n) is 8.16. The van der Waals surface area contributed by atoms with Crippen molar-refractivity contribution in [3.05, 3.63) is 29.0 Å². The van der Waals surface area contributed by atoms with Crippen molar-refractivity contribution in [2.75, 3.05) is 49.1 Å². The highest BCUT2D eigenvalue weighted by atomic mass is 32.1. The van der Waals surface area contributed by atoms with Gasteiger partial charge in [-0.2, -0.15) is 0 Å². The molecule has 2 aliphatic rings. The molecule has 0 aliphatic carbocycles. The molecule has 0 saturated carbocycles. The zero-order valence-electron chi connectivity index (χ0n) is 13.6. The molecule has 122 valence electrons. The summed E-state index contributed by atoms with van der Waals surface area (Å²) >= 11 is 1.82.